The fraction of sp³-hybridized carbons (Fsp3) is 0.0500. The summed E-state index contributed by atoms with van der Waals surface area (Å²) < 4.78 is 13.3. The number of rotatable bonds is 6. The number of carboxylic acids is 1. The number of hydrogen-bond donors (Lipinski definition) is 3. The van der Waals surface area contributed by atoms with Crippen molar-refractivity contribution in [2.45, 2.75) is 6.54 Å². The van der Waals surface area contributed by atoms with E-state index in [0.717, 1.165) is 11.3 Å². The van der Waals surface area contributed by atoms with Gasteiger partial charge in [-0.2, -0.15) is 0 Å². The van der Waals surface area contributed by atoms with Gasteiger partial charge in [-0.25, -0.2) is 9.18 Å². The van der Waals surface area contributed by atoms with Gasteiger partial charge in [-0.15, -0.1) is 11.3 Å². The van der Waals surface area contributed by atoms with Crippen LogP contribution in [0.5, 0.6) is 0 Å². The minimum Gasteiger partial charge on any atom is -0.478 e. The lowest BCUT2D eigenvalue weighted by molar-refractivity contribution is 0.0696. The summed E-state index contributed by atoms with van der Waals surface area (Å²) in [7, 11) is 0. The van der Waals surface area contributed by atoms with Gasteiger partial charge < -0.3 is 15.7 Å². The molecule has 0 bridgehead atoms. The molecule has 0 saturated heterocycles. The second kappa shape index (κ2) is 8.85. The molecular weight excluding hydrogens is 419 g/mol. The number of anilines is 1. The van der Waals surface area contributed by atoms with Crippen molar-refractivity contribution in [3.05, 3.63) is 87.0 Å². The van der Waals surface area contributed by atoms with E-state index in [1.54, 1.807) is 12.1 Å². The second-order valence-corrected chi connectivity index (χ2v) is 7.62. The van der Waals surface area contributed by atoms with E-state index in [4.69, 9.17) is 16.7 Å². The molecule has 1 heterocycles. The number of amides is 2. The van der Waals surface area contributed by atoms with Crippen molar-refractivity contribution < 1.29 is 23.9 Å². The standard InChI is InChI=1S/C20H14ClFN2O4S/c21-16-9-15(18(26)23-10-11-1-7-14(22)8-2-11)19(29-16)24-17(25)12-3-5-13(6-4-12)20(27)28/h1-9H,10H2,(H,23,26)(H,24,25)(H,27,28). The number of aromatic carboxylic acids is 1. The molecule has 0 aliphatic rings. The molecule has 29 heavy (non-hydrogen) atoms. The predicted octanol–water partition coefficient (Wildman–Crippen LogP) is 4.42. The summed E-state index contributed by atoms with van der Waals surface area (Å²) in [5, 5.41) is 14.5. The van der Waals surface area contributed by atoms with Crippen LogP contribution >= 0.6 is 22.9 Å². The van der Waals surface area contributed by atoms with Crippen molar-refractivity contribution in [3.8, 4) is 0 Å². The van der Waals surface area contributed by atoms with E-state index in [1.165, 1.54) is 42.5 Å². The lowest BCUT2D eigenvalue weighted by Crippen LogP contribution is -2.24. The van der Waals surface area contributed by atoms with E-state index in [9.17, 15) is 18.8 Å². The highest BCUT2D eigenvalue weighted by Gasteiger charge is 2.18. The number of carbonyl (C=O) groups is 3. The SMILES string of the molecule is O=C(O)c1ccc(C(=O)Nc2sc(Cl)cc2C(=O)NCc2ccc(F)cc2)cc1. The van der Waals surface area contributed by atoms with E-state index < -0.39 is 17.8 Å². The number of nitrogens with one attached hydrogen (secondary N) is 2. The molecule has 1 aromatic heterocycles. The number of carboxylic acid groups (broad SMARTS) is 1. The predicted molar refractivity (Wildman–Crippen MR) is 108 cm³/mol. The van der Waals surface area contributed by atoms with Gasteiger partial charge in [0, 0.05) is 12.1 Å². The first-order valence-corrected chi connectivity index (χ1v) is 9.49. The van der Waals surface area contributed by atoms with E-state index >= 15 is 0 Å². The molecule has 0 unspecified atom stereocenters. The Hall–Kier alpha value is -3.23. The van der Waals surface area contributed by atoms with Crippen molar-refractivity contribution >= 4 is 45.7 Å². The summed E-state index contributed by atoms with van der Waals surface area (Å²) in [5.74, 6) is -2.42. The van der Waals surface area contributed by atoms with Crippen LogP contribution in [0.2, 0.25) is 4.34 Å². The monoisotopic (exact) mass is 432 g/mol. The van der Waals surface area contributed by atoms with Crippen LogP contribution in [0.4, 0.5) is 9.39 Å². The summed E-state index contributed by atoms with van der Waals surface area (Å²) in [6, 6.07) is 12.5. The molecule has 9 heteroatoms. The maximum atomic E-state index is 13.0. The molecule has 3 aromatic rings. The lowest BCUT2D eigenvalue weighted by atomic mass is 10.1. The minimum absolute atomic E-state index is 0.0570. The number of benzene rings is 2. The van der Waals surface area contributed by atoms with Gasteiger partial charge in [-0.1, -0.05) is 23.7 Å². The molecule has 3 N–H and O–H groups in total. The molecule has 3 rings (SSSR count). The zero-order valence-electron chi connectivity index (χ0n) is 14.7. The molecule has 0 atom stereocenters. The maximum Gasteiger partial charge on any atom is 0.335 e. The number of thiophene rings is 1. The molecule has 2 aromatic carbocycles. The molecule has 148 valence electrons. The van der Waals surface area contributed by atoms with Gasteiger partial charge in [-0.05, 0) is 48.0 Å². The van der Waals surface area contributed by atoms with Crippen LogP contribution in [-0.2, 0) is 6.54 Å². The van der Waals surface area contributed by atoms with Crippen LogP contribution in [0, 0.1) is 5.82 Å². The minimum atomic E-state index is -1.10. The summed E-state index contributed by atoms with van der Waals surface area (Å²) in [6.45, 7) is 0.177. The van der Waals surface area contributed by atoms with Crippen LogP contribution in [-0.4, -0.2) is 22.9 Å². The van der Waals surface area contributed by atoms with Gasteiger partial charge in [-0.3, -0.25) is 9.59 Å². The van der Waals surface area contributed by atoms with Crippen molar-refractivity contribution in [2.75, 3.05) is 5.32 Å². The van der Waals surface area contributed by atoms with Crippen LogP contribution in [0.25, 0.3) is 0 Å². The Balaban J connectivity index is 1.70. The fourth-order valence-electron chi connectivity index (χ4n) is 2.44. The highest BCUT2D eigenvalue weighted by atomic mass is 35.5. The Labute approximate surface area is 173 Å². The molecular formula is C20H14ClFN2O4S. The van der Waals surface area contributed by atoms with Gasteiger partial charge in [0.05, 0.1) is 15.5 Å². The molecule has 0 saturated carbocycles. The van der Waals surface area contributed by atoms with Crippen molar-refractivity contribution in [1.82, 2.24) is 5.32 Å². The van der Waals surface area contributed by atoms with E-state index in [-0.39, 0.29) is 34.1 Å². The molecule has 0 spiro atoms. The van der Waals surface area contributed by atoms with Gasteiger partial charge in [0.25, 0.3) is 11.8 Å². The third kappa shape index (κ3) is 5.18. The van der Waals surface area contributed by atoms with Gasteiger partial charge >= 0.3 is 5.97 Å². The Kier molecular flexibility index (Phi) is 6.26. The van der Waals surface area contributed by atoms with Crippen molar-refractivity contribution in [2.24, 2.45) is 0 Å². The average Bonchev–Trinajstić information content (AvgIpc) is 3.07. The third-order valence-corrected chi connectivity index (χ3v) is 5.11. The zero-order valence-corrected chi connectivity index (χ0v) is 16.3. The smallest absolute Gasteiger partial charge is 0.335 e. The summed E-state index contributed by atoms with van der Waals surface area (Å²) in [5.41, 5.74) is 1.20. The maximum absolute atomic E-state index is 13.0. The van der Waals surface area contributed by atoms with Crippen LogP contribution in [0.1, 0.15) is 36.6 Å². The highest BCUT2D eigenvalue weighted by Crippen LogP contribution is 2.32. The lowest BCUT2D eigenvalue weighted by Gasteiger charge is -2.08. The van der Waals surface area contributed by atoms with Crippen molar-refractivity contribution in [3.63, 3.8) is 0 Å². The molecule has 0 aliphatic heterocycles. The van der Waals surface area contributed by atoms with Gasteiger partial charge in [0.15, 0.2) is 0 Å². The molecule has 0 radical (unpaired) electrons. The first-order valence-electron chi connectivity index (χ1n) is 8.30. The zero-order chi connectivity index (χ0) is 21.0. The summed E-state index contributed by atoms with van der Waals surface area (Å²) >= 11 is 7.04. The topological polar surface area (TPSA) is 95.5 Å². The van der Waals surface area contributed by atoms with E-state index in [2.05, 4.69) is 10.6 Å². The molecule has 2 amide bonds. The number of halogens is 2. The van der Waals surface area contributed by atoms with Crippen LogP contribution < -0.4 is 10.6 Å². The van der Waals surface area contributed by atoms with Gasteiger partial charge in [0.2, 0.25) is 0 Å². The Bertz CT molecular complexity index is 1070. The number of carbonyl (C=O) groups excluding carboxylic acids is 2. The second-order valence-electron chi connectivity index (χ2n) is 5.94. The number of hydrogen-bond acceptors (Lipinski definition) is 4. The van der Waals surface area contributed by atoms with Crippen LogP contribution in [0.3, 0.4) is 0 Å². The summed E-state index contributed by atoms with van der Waals surface area (Å²) in [4.78, 5) is 35.8. The summed E-state index contributed by atoms with van der Waals surface area (Å²) in [6.07, 6.45) is 0. The van der Waals surface area contributed by atoms with Crippen LogP contribution in [0.15, 0.2) is 54.6 Å². The Morgan fingerprint density at radius 2 is 1.59 bits per heavy atom. The fourth-order valence-corrected chi connectivity index (χ4v) is 3.56. The molecule has 6 nitrogen and oxygen atoms in total. The van der Waals surface area contributed by atoms with E-state index in [1.807, 2.05) is 0 Å². The largest absolute Gasteiger partial charge is 0.478 e. The molecule has 0 fully saturated rings. The molecule has 0 aliphatic carbocycles. The normalized spacial score (nSPS) is 10.4. The first-order chi connectivity index (χ1) is 13.8. The average molecular weight is 433 g/mol. The van der Waals surface area contributed by atoms with E-state index in [0.29, 0.717) is 9.90 Å². The highest BCUT2D eigenvalue weighted by molar-refractivity contribution is 7.20. The van der Waals surface area contributed by atoms with Crippen molar-refractivity contribution in [1.29, 1.82) is 0 Å². The third-order valence-electron chi connectivity index (χ3n) is 3.93. The Morgan fingerprint density at radius 1 is 0.966 bits per heavy atom. The van der Waals surface area contributed by atoms with Gasteiger partial charge in [0.1, 0.15) is 10.8 Å². The quantitative estimate of drug-likeness (QED) is 0.537. The first kappa shape index (κ1) is 20.5. The Morgan fingerprint density at radius 3 is 2.21 bits per heavy atom.